The number of aromatic nitrogens is 1. The predicted molar refractivity (Wildman–Crippen MR) is 45.3 cm³/mol. The Labute approximate surface area is 79.5 Å². The van der Waals surface area contributed by atoms with Crippen LogP contribution in [0.2, 0.25) is 0 Å². The number of halogens is 3. The lowest BCUT2D eigenvalue weighted by Gasteiger charge is -2.04. The van der Waals surface area contributed by atoms with Crippen LogP contribution in [0.5, 0.6) is 5.88 Å². The molecule has 2 nitrogen and oxygen atoms in total. The molecule has 0 atom stereocenters. The summed E-state index contributed by atoms with van der Waals surface area (Å²) in [5, 5.41) is 0. The van der Waals surface area contributed by atoms with Gasteiger partial charge in [-0.25, -0.2) is 13.8 Å². The molecule has 5 heteroatoms. The largest absolute Gasteiger partial charge is 0.472 e. The van der Waals surface area contributed by atoms with Crippen molar-refractivity contribution in [3.8, 4) is 5.88 Å². The zero-order valence-electron chi connectivity index (χ0n) is 6.71. The second-order valence-electron chi connectivity index (χ2n) is 2.30. The molecule has 1 rings (SSSR count). The van der Waals surface area contributed by atoms with E-state index in [0.29, 0.717) is 5.69 Å². The molecule has 72 valence electrons. The minimum Gasteiger partial charge on any atom is -0.472 e. The summed E-state index contributed by atoms with van der Waals surface area (Å²) in [6.45, 7) is -0.640. The van der Waals surface area contributed by atoms with E-state index in [4.69, 9.17) is 16.3 Å². The first-order chi connectivity index (χ1) is 6.22. The molecule has 0 spiro atoms. The van der Waals surface area contributed by atoms with E-state index in [2.05, 4.69) is 4.98 Å². The van der Waals surface area contributed by atoms with E-state index in [9.17, 15) is 8.78 Å². The highest BCUT2D eigenvalue weighted by Gasteiger charge is 2.04. The smallest absolute Gasteiger partial charge is 0.272 e. The molecule has 0 aliphatic carbocycles. The topological polar surface area (TPSA) is 22.1 Å². The Morgan fingerprint density at radius 1 is 1.46 bits per heavy atom. The second-order valence-corrected chi connectivity index (χ2v) is 2.57. The van der Waals surface area contributed by atoms with Gasteiger partial charge >= 0.3 is 0 Å². The third-order valence-corrected chi connectivity index (χ3v) is 1.55. The third-order valence-electron chi connectivity index (χ3n) is 1.28. The van der Waals surface area contributed by atoms with Gasteiger partial charge in [0.25, 0.3) is 6.43 Å². The maximum Gasteiger partial charge on any atom is 0.272 e. The van der Waals surface area contributed by atoms with Crippen molar-refractivity contribution in [2.75, 3.05) is 6.61 Å². The summed E-state index contributed by atoms with van der Waals surface area (Å²) in [7, 11) is 0. The Morgan fingerprint density at radius 2 is 2.23 bits per heavy atom. The van der Waals surface area contributed by atoms with Crippen molar-refractivity contribution in [3.05, 3.63) is 23.9 Å². The standard InChI is InChI=1S/C8H8ClF2NO/c9-4-6-2-1-3-8(12-6)13-5-7(10)11/h1-3,7H,4-5H2. The van der Waals surface area contributed by atoms with Gasteiger partial charge in [0.05, 0.1) is 11.6 Å². The molecule has 0 bridgehead atoms. The minimum atomic E-state index is -2.48. The van der Waals surface area contributed by atoms with Crippen molar-refractivity contribution in [1.29, 1.82) is 0 Å². The molecule has 0 saturated carbocycles. The van der Waals surface area contributed by atoms with Crippen molar-refractivity contribution in [2.24, 2.45) is 0 Å². The molecular formula is C8H8ClF2NO. The van der Waals surface area contributed by atoms with Gasteiger partial charge in [0, 0.05) is 6.07 Å². The first-order valence-corrected chi connectivity index (χ1v) is 4.18. The summed E-state index contributed by atoms with van der Waals surface area (Å²) < 4.78 is 28.1. The number of pyridine rings is 1. The number of hydrogen-bond donors (Lipinski definition) is 0. The molecule has 0 aliphatic heterocycles. The van der Waals surface area contributed by atoms with Crippen LogP contribution in [0.1, 0.15) is 5.69 Å². The summed E-state index contributed by atoms with van der Waals surface area (Å²) in [5.41, 5.74) is 0.605. The Kier molecular flexibility index (Phi) is 3.89. The Morgan fingerprint density at radius 3 is 2.85 bits per heavy atom. The lowest BCUT2D eigenvalue weighted by Crippen LogP contribution is -2.08. The Balaban J connectivity index is 2.56. The number of ether oxygens (including phenoxy) is 1. The van der Waals surface area contributed by atoms with Gasteiger partial charge in [-0.15, -0.1) is 11.6 Å². The van der Waals surface area contributed by atoms with Crippen LogP contribution >= 0.6 is 11.6 Å². The van der Waals surface area contributed by atoms with Crippen LogP contribution in [0.25, 0.3) is 0 Å². The van der Waals surface area contributed by atoms with Crippen molar-refractivity contribution in [1.82, 2.24) is 4.98 Å². The summed E-state index contributed by atoms with van der Waals surface area (Å²) in [6.07, 6.45) is -2.48. The highest BCUT2D eigenvalue weighted by molar-refractivity contribution is 6.16. The van der Waals surface area contributed by atoms with Crippen LogP contribution in [-0.2, 0) is 5.88 Å². The molecule has 1 aromatic rings. The van der Waals surface area contributed by atoms with Crippen molar-refractivity contribution < 1.29 is 13.5 Å². The molecular weight excluding hydrogens is 200 g/mol. The molecule has 1 aromatic heterocycles. The van der Waals surface area contributed by atoms with Crippen molar-refractivity contribution in [2.45, 2.75) is 12.3 Å². The van der Waals surface area contributed by atoms with Crippen LogP contribution in [0, 0.1) is 0 Å². The monoisotopic (exact) mass is 207 g/mol. The molecule has 0 unspecified atom stereocenters. The SMILES string of the molecule is FC(F)COc1cccc(CCl)n1. The molecule has 0 aliphatic rings. The average Bonchev–Trinajstić information content (AvgIpc) is 2.15. The van der Waals surface area contributed by atoms with Gasteiger partial charge < -0.3 is 4.74 Å². The summed E-state index contributed by atoms with van der Waals surface area (Å²) in [4.78, 5) is 3.88. The lowest BCUT2D eigenvalue weighted by atomic mass is 10.4. The zero-order valence-corrected chi connectivity index (χ0v) is 7.47. The molecule has 0 fully saturated rings. The maximum absolute atomic E-state index is 11.7. The maximum atomic E-state index is 11.7. The van der Waals surface area contributed by atoms with Crippen LogP contribution in [-0.4, -0.2) is 18.0 Å². The molecule has 0 radical (unpaired) electrons. The zero-order chi connectivity index (χ0) is 9.68. The van der Waals surface area contributed by atoms with Gasteiger partial charge in [-0.3, -0.25) is 0 Å². The highest BCUT2D eigenvalue weighted by atomic mass is 35.5. The highest BCUT2D eigenvalue weighted by Crippen LogP contribution is 2.10. The third kappa shape index (κ3) is 3.55. The van der Waals surface area contributed by atoms with Gasteiger partial charge in [-0.05, 0) is 6.07 Å². The molecule has 1 heterocycles. The fourth-order valence-corrected chi connectivity index (χ4v) is 0.910. The number of nitrogens with zero attached hydrogens (tertiary/aromatic N) is 1. The van der Waals surface area contributed by atoms with Crippen LogP contribution < -0.4 is 4.74 Å². The van der Waals surface area contributed by atoms with Gasteiger partial charge in [0.1, 0.15) is 0 Å². The van der Waals surface area contributed by atoms with Crippen molar-refractivity contribution in [3.63, 3.8) is 0 Å². The first kappa shape index (κ1) is 10.2. The number of hydrogen-bond acceptors (Lipinski definition) is 2. The van der Waals surface area contributed by atoms with Gasteiger partial charge in [-0.2, -0.15) is 0 Å². The molecule has 0 amide bonds. The van der Waals surface area contributed by atoms with Crippen LogP contribution in [0.4, 0.5) is 8.78 Å². The molecule has 0 aromatic carbocycles. The van der Waals surface area contributed by atoms with Gasteiger partial charge in [-0.1, -0.05) is 6.07 Å². The summed E-state index contributed by atoms with van der Waals surface area (Å²) in [6, 6.07) is 4.87. The quantitative estimate of drug-likeness (QED) is 0.708. The number of alkyl halides is 3. The van der Waals surface area contributed by atoms with E-state index in [1.165, 1.54) is 6.07 Å². The van der Waals surface area contributed by atoms with E-state index >= 15 is 0 Å². The fourth-order valence-electron chi connectivity index (χ4n) is 0.761. The van der Waals surface area contributed by atoms with Crippen LogP contribution in [0.3, 0.4) is 0 Å². The van der Waals surface area contributed by atoms with Crippen LogP contribution in [0.15, 0.2) is 18.2 Å². The fraction of sp³-hybridized carbons (Fsp3) is 0.375. The Hall–Kier alpha value is -0.900. The van der Waals surface area contributed by atoms with Gasteiger partial charge in [0.2, 0.25) is 5.88 Å². The van der Waals surface area contributed by atoms with Crippen molar-refractivity contribution >= 4 is 11.6 Å². The first-order valence-electron chi connectivity index (χ1n) is 3.65. The summed E-state index contributed by atoms with van der Waals surface area (Å²) >= 11 is 5.50. The Bertz CT molecular complexity index is 270. The second kappa shape index (κ2) is 4.97. The lowest BCUT2D eigenvalue weighted by molar-refractivity contribution is 0.0795. The van der Waals surface area contributed by atoms with Gasteiger partial charge in [0.15, 0.2) is 6.61 Å². The van der Waals surface area contributed by atoms with E-state index in [-0.39, 0.29) is 11.8 Å². The van der Waals surface area contributed by atoms with E-state index in [0.717, 1.165) is 0 Å². The summed E-state index contributed by atoms with van der Waals surface area (Å²) in [5.74, 6) is 0.421. The molecule has 13 heavy (non-hydrogen) atoms. The number of rotatable bonds is 4. The van der Waals surface area contributed by atoms with E-state index < -0.39 is 13.0 Å². The average molecular weight is 208 g/mol. The molecule has 0 saturated heterocycles. The normalized spacial score (nSPS) is 10.5. The van der Waals surface area contributed by atoms with E-state index in [1.54, 1.807) is 12.1 Å². The van der Waals surface area contributed by atoms with E-state index in [1.807, 2.05) is 0 Å². The molecule has 0 N–H and O–H groups in total. The predicted octanol–water partition coefficient (Wildman–Crippen LogP) is 2.46. The minimum absolute atomic E-state index is 0.179.